The lowest BCUT2D eigenvalue weighted by Gasteiger charge is -2.14. The van der Waals surface area contributed by atoms with Gasteiger partial charge in [-0.25, -0.2) is 0 Å². The maximum absolute atomic E-state index is 12.6. The number of nitrogens with zero attached hydrogens (tertiary/aromatic N) is 1. The zero-order chi connectivity index (χ0) is 25.4. The van der Waals surface area contributed by atoms with E-state index in [2.05, 4.69) is 26.6 Å². The van der Waals surface area contributed by atoms with E-state index >= 15 is 0 Å². The van der Waals surface area contributed by atoms with Crippen molar-refractivity contribution in [3.05, 3.63) is 86.9 Å². The van der Waals surface area contributed by atoms with E-state index in [1.807, 2.05) is 25.1 Å². The van der Waals surface area contributed by atoms with Crippen molar-refractivity contribution in [1.82, 2.24) is 0 Å². The van der Waals surface area contributed by atoms with Crippen LogP contribution in [-0.4, -0.2) is 25.5 Å². The van der Waals surface area contributed by atoms with E-state index in [0.29, 0.717) is 37.9 Å². The molecule has 0 aliphatic carbocycles. The van der Waals surface area contributed by atoms with Gasteiger partial charge in [-0.05, 0) is 76.5 Å². The van der Waals surface area contributed by atoms with Gasteiger partial charge in [0.1, 0.15) is 11.6 Å². The van der Waals surface area contributed by atoms with Gasteiger partial charge in [0.25, 0.3) is 11.8 Å². The smallest absolute Gasteiger partial charge is 0.266 e. The van der Waals surface area contributed by atoms with E-state index in [-0.39, 0.29) is 12.2 Å². The SMILES string of the molecule is COc1cc(/C=C(\C#N)C(=O)Nc2cccc(C)c2)cc(Br)c1OCC(=O)Nc1ccccc1Cl. The number of para-hydroxylation sites is 1. The molecule has 0 saturated carbocycles. The molecule has 0 aliphatic rings. The van der Waals surface area contributed by atoms with Crippen molar-refractivity contribution in [3.63, 3.8) is 0 Å². The second-order valence-corrected chi connectivity index (χ2v) is 8.61. The molecule has 2 amide bonds. The third-order valence-electron chi connectivity index (χ3n) is 4.70. The second kappa shape index (κ2) is 12.1. The van der Waals surface area contributed by atoms with Gasteiger partial charge in [-0.3, -0.25) is 9.59 Å². The zero-order valence-corrected chi connectivity index (χ0v) is 21.2. The molecule has 0 aliphatic heterocycles. The first-order valence-electron chi connectivity index (χ1n) is 10.3. The summed E-state index contributed by atoms with van der Waals surface area (Å²) < 4.78 is 11.5. The van der Waals surface area contributed by atoms with Gasteiger partial charge in [-0.2, -0.15) is 5.26 Å². The van der Waals surface area contributed by atoms with Crippen molar-refractivity contribution < 1.29 is 19.1 Å². The van der Waals surface area contributed by atoms with Crippen LogP contribution in [0.4, 0.5) is 11.4 Å². The minimum atomic E-state index is -0.537. The number of methoxy groups -OCH3 is 1. The lowest BCUT2D eigenvalue weighted by molar-refractivity contribution is -0.118. The molecular weight excluding hydrogens is 534 g/mol. The highest BCUT2D eigenvalue weighted by molar-refractivity contribution is 9.10. The fourth-order valence-corrected chi connectivity index (χ4v) is 3.84. The van der Waals surface area contributed by atoms with Gasteiger partial charge in [0, 0.05) is 5.69 Å². The lowest BCUT2D eigenvalue weighted by atomic mass is 10.1. The highest BCUT2D eigenvalue weighted by atomic mass is 79.9. The number of nitriles is 1. The van der Waals surface area contributed by atoms with Gasteiger partial charge in [-0.1, -0.05) is 35.9 Å². The topological polar surface area (TPSA) is 100 Å². The summed E-state index contributed by atoms with van der Waals surface area (Å²) in [5.41, 5.74) is 2.48. The number of anilines is 2. The Labute approximate surface area is 216 Å². The van der Waals surface area contributed by atoms with Crippen molar-refractivity contribution in [2.75, 3.05) is 24.4 Å². The molecule has 35 heavy (non-hydrogen) atoms. The maximum atomic E-state index is 12.6. The van der Waals surface area contributed by atoms with Crippen molar-refractivity contribution in [2.24, 2.45) is 0 Å². The van der Waals surface area contributed by atoms with Crippen molar-refractivity contribution >= 4 is 56.8 Å². The monoisotopic (exact) mass is 553 g/mol. The summed E-state index contributed by atoms with van der Waals surface area (Å²) in [5.74, 6) is -0.338. The number of hydrogen-bond donors (Lipinski definition) is 2. The third-order valence-corrected chi connectivity index (χ3v) is 5.62. The first kappa shape index (κ1) is 25.8. The summed E-state index contributed by atoms with van der Waals surface area (Å²) in [4.78, 5) is 24.9. The highest BCUT2D eigenvalue weighted by Gasteiger charge is 2.16. The summed E-state index contributed by atoms with van der Waals surface area (Å²) in [7, 11) is 1.45. The molecule has 178 valence electrons. The van der Waals surface area contributed by atoms with Gasteiger partial charge < -0.3 is 20.1 Å². The molecule has 2 N–H and O–H groups in total. The van der Waals surface area contributed by atoms with Crippen LogP contribution >= 0.6 is 27.5 Å². The molecule has 0 fully saturated rings. The summed E-state index contributed by atoms with van der Waals surface area (Å²) >= 11 is 9.47. The first-order valence-corrected chi connectivity index (χ1v) is 11.5. The number of ether oxygens (including phenoxy) is 2. The molecule has 0 saturated heterocycles. The number of nitrogens with one attached hydrogen (secondary N) is 2. The molecule has 9 heteroatoms. The summed E-state index contributed by atoms with van der Waals surface area (Å²) in [6.07, 6.45) is 1.44. The molecule has 7 nitrogen and oxygen atoms in total. The Morgan fingerprint density at radius 3 is 2.57 bits per heavy atom. The molecule has 0 atom stereocenters. The molecule has 3 aromatic rings. The van der Waals surface area contributed by atoms with E-state index in [4.69, 9.17) is 21.1 Å². The predicted octanol–water partition coefficient (Wildman–Crippen LogP) is 5.98. The van der Waals surface area contributed by atoms with E-state index in [1.54, 1.807) is 48.5 Å². The molecule has 0 aromatic heterocycles. The number of carbonyl (C=O) groups is 2. The molecule has 0 heterocycles. The number of amides is 2. The third kappa shape index (κ3) is 7.09. The minimum Gasteiger partial charge on any atom is -0.493 e. The quantitative estimate of drug-likeness (QED) is 0.263. The zero-order valence-electron chi connectivity index (χ0n) is 18.9. The Balaban J connectivity index is 1.75. The molecule has 0 bridgehead atoms. The minimum absolute atomic E-state index is 0.0896. The number of hydrogen-bond acceptors (Lipinski definition) is 5. The summed E-state index contributed by atoms with van der Waals surface area (Å²) in [6, 6.07) is 19.3. The number of carbonyl (C=O) groups excluding carboxylic acids is 2. The van der Waals surface area contributed by atoms with Crippen LogP contribution in [0, 0.1) is 18.3 Å². The largest absolute Gasteiger partial charge is 0.493 e. The fraction of sp³-hybridized carbons (Fsp3) is 0.115. The first-order chi connectivity index (χ1) is 16.8. The van der Waals surface area contributed by atoms with Gasteiger partial charge in [0.15, 0.2) is 18.1 Å². The van der Waals surface area contributed by atoms with E-state index in [0.717, 1.165) is 5.56 Å². The standard InChI is InChI=1S/C26H21BrClN3O4/c1-16-6-5-7-19(10-16)30-26(33)18(14-29)11-17-12-20(27)25(23(13-17)34-2)35-15-24(32)31-22-9-4-3-8-21(22)28/h3-13H,15H2,1-2H3,(H,30,33)(H,31,32)/b18-11+. The van der Waals surface area contributed by atoms with Crippen LogP contribution in [0.1, 0.15) is 11.1 Å². The number of rotatable bonds is 8. The van der Waals surface area contributed by atoms with Crippen LogP contribution in [0.25, 0.3) is 6.08 Å². The Kier molecular flexibility index (Phi) is 8.90. The Bertz CT molecular complexity index is 1330. The maximum Gasteiger partial charge on any atom is 0.266 e. The van der Waals surface area contributed by atoms with E-state index < -0.39 is 11.8 Å². The number of aryl methyl sites for hydroxylation is 1. The molecule has 3 rings (SSSR count). The summed E-state index contributed by atoms with van der Waals surface area (Å²) in [5, 5.41) is 15.3. The molecule has 0 spiro atoms. The van der Waals surface area contributed by atoms with Gasteiger partial charge in [0.2, 0.25) is 0 Å². The fourth-order valence-electron chi connectivity index (χ4n) is 3.09. The predicted molar refractivity (Wildman–Crippen MR) is 140 cm³/mol. The Hall–Kier alpha value is -3.80. The van der Waals surface area contributed by atoms with Crippen LogP contribution in [0.15, 0.2) is 70.7 Å². The van der Waals surface area contributed by atoms with Crippen LogP contribution in [0.5, 0.6) is 11.5 Å². The highest BCUT2D eigenvalue weighted by Crippen LogP contribution is 2.37. The van der Waals surface area contributed by atoms with Crippen LogP contribution < -0.4 is 20.1 Å². The number of benzene rings is 3. The van der Waals surface area contributed by atoms with Gasteiger partial charge >= 0.3 is 0 Å². The second-order valence-electron chi connectivity index (χ2n) is 7.34. The average Bonchev–Trinajstić information content (AvgIpc) is 2.82. The van der Waals surface area contributed by atoms with Crippen molar-refractivity contribution in [1.29, 1.82) is 5.26 Å². The van der Waals surface area contributed by atoms with Crippen LogP contribution in [0.3, 0.4) is 0 Å². The van der Waals surface area contributed by atoms with Crippen LogP contribution in [-0.2, 0) is 9.59 Å². The van der Waals surface area contributed by atoms with E-state index in [9.17, 15) is 14.9 Å². The average molecular weight is 555 g/mol. The summed E-state index contributed by atoms with van der Waals surface area (Å²) in [6.45, 7) is 1.61. The number of halogens is 2. The normalized spacial score (nSPS) is 10.8. The van der Waals surface area contributed by atoms with Crippen LogP contribution in [0.2, 0.25) is 5.02 Å². The van der Waals surface area contributed by atoms with Crippen molar-refractivity contribution in [3.8, 4) is 17.6 Å². The molecule has 3 aromatic carbocycles. The Morgan fingerprint density at radius 1 is 1.11 bits per heavy atom. The molecule has 0 radical (unpaired) electrons. The Morgan fingerprint density at radius 2 is 1.89 bits per heavy atom. The van der Waals surface area contributed by atoms with Gasteiger partial charge in [-0.15, -0.1) is 0 Å². The van der Waals surface area contributed by atoms with E-state index in [1.165, 1.54) is 13.2 Å². The van der Waals surface area contributed by atoms with Gasteiger partial charge in [0.05, 0.1) is 22.3 Å². The molecule has 0 unspecified atom stereocenters. The lowest BCUT2D eigenvalue weighted by Crippen LogP contribution is -2.20. The molecular formula is C26H21BrClN3O4. The van der Waals surface area contributed by atoms with Crippen molar-refractivity contribution in [2.45, 2.75) is 6.92 Å².